The maximum Gasteiger partial charge on any atom is 0.303 e. The summed E-state index contributed by atoms with van der Waals surface area (Å²) in [6.07, 6.45) is -3.06. The van der Waals surface area contributed by atoms with Crippen LogP contribution in [0.15, 0.2) is 72.8 Å². The normalized spacial score (nSPS) is 23.3. The van der Waals surface area contributed by atoms with Crippen molar-refractivity contribution in [2.24, 2.45) is 5.92 Å². The number of aryl methyl sites for hydroxylation is 1. The fourth-order valence-electron chi connectivity index (χ4n) is 7.41. The second-order valence-electron chi connectivity index (χ2n) is 17.4. The molecule has 2 saturated heterocycles. The molecule has 3 aromatic carbocycles. The average molecular weight is 876 g/mol. The van der Waals surface area contributed by atoms with Gasteiger partial charge in [0, 0.05) is 38.9 Å². The molecule has 1 N–H and O–H groups in total. The summed E-state index contributed by atoms with van der Waals surface area (Å²) in [5.74, 6) is -3.27. The molecule has 0 aromatic heterocycles. The Hall–Kier alpha value is -5.38. The predicted octanol–water partition coefficient (Wildman–Crippen LogP) is 7.87. The topological polar surface area (TPSA) is 164 Å². The average Bonchev–Trinajstić information content (AvgIpc) is 3.17. The Morgan fingerprint density at radius 1 is 0.855 bits per heavy atom. The molecule has 2 heterocycles. The number of rotatable bonds is 15. The van der Waals surface area contributed by atoms with Gasteiger partial charge in [0.15, 0.2) is 18.3 Å². The number of hydrogen-bond donors (Lipinski definition) is 1. The van der Waals surface area contributed by atoms with Crippen molar-refractivity contribution in [3.05, 3.63) is 101 Å². The number of aliphatic hydroxyl groups excluding tert-OH is 1. The lowest BCUT2D eigenvalue weighted by Crippen LogP contribution is -2.61. The van der Waals surface area contributed by atoms with Crippen LogP contribution in [0.3, 0.4) is 0 Å². The van der Waals surface area contributed by atoms with Crippen LogP contribution in [0.5, 0.6) is 5.75 Å². The van der Waals surface area contributed by atoms with Crippen molar-refractivity contribution in [1.29, 1.82) is 0 Å². The molecule has 3 aromatic rings. The van der Waals surface area contributed by atoms with E-state index in [1.165, 1.54) is 38.1 Å². The molecule has 13 nitrogen and oxygen atoms in total. The summed E-state index contributed by atoms with van der Waals surface area (Å²) >= 11 is 0. The number of β-lactam (4-membered cyclic amide) rings is 1. The highest BCUT2D eigenvalue weighted by Crippen LogP contribution is 2.50. The predicted molar refractivity (Wildman–Crippen MR) is 231 cm³/mol. The van der Waals surface area contributed by atoms with E-state index in [1.54, 1.807) is 17.1 Å². The largest absolute Gasteiger partial charge is 0.543 e. The Labute approximate surface area is 363 Å². The Morgan fingerprint density at radius 3 is 2.03 bits per heavy atom. The third-order valence-corrected chi connectivity index (χ3v) is 15.9. The molecular weight excluding hydrogens is 818 g/mol. The molecule has 8 atom stereocenters. The van der Waals surface area contributed by atoms with E-state index in [0.717, 1.165) is 25.0 Å². The number of aliphatic hydroxyl groups is 1. The highest BCUT2D eigenvalue weighted by Gasteiger charge is 2.52. The molecule has 2 aliphatic rings. The van der Waals surface area contributed by atoms with E-state index in [0.29, 0.717) is 29.0 Å². The zero-order chi connectivity index (χ0) is 45.7. The van der Waals surface area contributed by atoms with Crippen LogP contribution >= 0.6 is 0 Å². The summed E-state index contributed by atoms with van der Waals surface area (Å²) in [5.41, 5.74) is 3.71. The van der Waals surface area contributed by atoms with Crippen molar-refractivity contribution in [3.8, 4) is 5.75 Å². The fourth-order valence-corrected chi connectivity index (χ4v) is 8.44. The summed E-state index contributed by atoms with van der Waals surface area (Å²) in [4.78, 5) is 64.8. The Kier molecular flexibility index (Phi) is 15.2. The van der Waals surface area contributed by atoms with E-state index in [4.69, 9.17) is 28.1 Å². The van der Waals surface area contributed by atoms with Gasteiger partial charge in [0.1, 0.15) is 30.4 Å². The van der Waals surface area contributed by atoms with Gasteiger partial charge >= 0.3 is 23.9 Å². The summed E-state index contributed by atoms with van der Waals surface area (Å²) in [5, 5.41) is 10.9. The Balaban J connectivity index is 1.58. The first kappa shape index (κ1) is 47.7. The number of amides is 1. The van der Waals surface area contributed by atoms with E-state index in [-0.39, 0.29) is 24.0 Å². The number of esters is 4. The number of carbonyl (C=O) groups is 5. The van der Waals surface area contributed by atoms with Crippen molar-refractivity contribution in [2.75, 3.05) is 11.5 Å². The van der Waals surface area contributed by atoms with Crippen molar-refractivity contribution < 1.29 is 61.6 Å². The molecule has 0 bridgehead atoms. The minimum atomic E-state index is -2.54. The van der Waals surface area contributed by atoms with Crippen LogP contribution < -0.4 is 9.33 Å². The van der Waals surface area contributed by atoms with Gasteiger partial charge in [-0.3, -0.25) is 24.0 Å². The molecular formula is C47H58FNO12Si. The number of nitrogens with zero attached hydrogens (tertiary/aromatic N) is 1. The molecule has 0 aliphatic carbocycles. The molecule has 5 rings (SSSR count). The number of benzene rings is 3. The number of carbonyl (C=O) groups excluding carboxylic acids is 5. The van der Waals surface area contributed by atoms with E-state index < -0.39 is 86.6 Å². The van der Waals surface area contributed by atoms with E-state index >= 15 is 0 Å². The van der Waals surface area contributed by atoms with Gasteiger partial charge < -0.3 is 38.1 Å². The van der Waals surface area contributed by atoms with E-state index in [2.05, 4.69) is 33.9 Å². The molecule has 15 heteroatoms. The monoisotopic (exact) mass is 875 g/mol. The maximum atomic E-state index is 14.1. The van der Waals surface area contributed by atoms with Gasteiger partial charge in [-0.25, -0.2) is 4.39 Å². The molecule has 2 aliphatic heterocycles. The zero-order valence-corrected chi connectivity index (χ0v) is 38.0. The minimum absolute atomic E-state index is 0.101. The van der Waals surface area contributed by atoms with Crippen LogP contribution in [-0.4, -0.2) is 80.3 Å². The molecule has 0 spiro atoms. The smallest absolute Gasteiger partial charge is 0.303 e. The fraction of sp³-hybridized carbons (Fsp3) is 0.468. The van der Waals surface area contributed by atoms with Crippen molar-refractivity contribution in [1.82, 2.24) is 0 Å². The number of anilines is 1. The standard InChI is InChI=1S/C47H58FNO12Si/c1-27-11-19-35(20-12-27)49-42(37(46(49)55)22-23-38(54)33-15-17-34(48)18-16-33)36-21-13-32(25-40(36)61-62(9,10)47(6,7)8)14-24-39-43(57-29(3)51)45(59-31(5)53)44(58-30(4)52)41(60-39)26-56-28(2)50/h11-21,24-25,37-39,41-45,54H,22-23,26H2,1-10H3/t37-,38+,39+,41?,42-,43?,44-,45-/m1/s1. The van der Waals surface area contributed by atoms with Crippen molar-refractivity contribution >= 4 is 49.9 Å². The molecule has 334 valence electrons. The highest BCUT2D eigenvalue weighted by atomic mass is 28.4. The maximum absolute atomic E-state index is 14.1. The second kappa shape index (κ2) is 19.8. The third kappa shape index (κ3) is 11.5. The lowest BCUT2D eigenvalue weighted by atomic mass is 9.77. The first-order valence-corrected chi connectivity index (χ1v) is 23.6. The highest BCUT2D eigenvalue weighted by molar-refractivity contribution is 6.74. The first-order chi connectivity index (χ1) is 29.1. The molecule has 0 saturated carbocycles. The van der Waals surface area contributed by atoms with Crippen LogP contribution in [0, 0.1) is 18.7 Å². The Bertz CT molecular complexity index is 2130. The van der Waals surface area contributed by atoms with E-state index in [9.17, 15) is 33.5 Å². The first-order valence-electron chi connectivity index (χ1n) is 20.7. The molecule has 2 unspecified atom stereocenters. The Morgan fingerprint density at radius 2 is 1.45 bits per heavy atom. The lowest BCUT2D eigenvalue weighted by Gasteiger charge is -2.49. The summed E-state index contributed by atoms with van der Waals surface area (Å²) < 4.78 is 49.1. The van der Waals surface area contributed by atoms with Gasteiger partial charge in [-0.15, -0.1) is 0 Å². The summed E-state index contributed by atoms with van der Waals surface area (Å²) in [6.45, 7) is 16.9. The zero-order valence-electron chi connectivity index (χ0n) is 37.0. The summed E-state index contributed by atoms with van der Waals surface area (Å²) in [7, 11) is -2.54. The van der Waals surface area contributed by atoms with Gasteiger partial charge in [-0.2, -0.15) is 0 Å². The number of ether oxygens (including phenoxy) is 5. The van der Waals surface area contributed by atoms with Gasteiger partial charge in [-0.1, -0.05) is 74.9 Å². The molecule has 1 amide bonds. The third-order valence-electron chi connectivity index (χ3n) is 11.6. The van der Waals surface area contributed by atoms with Crippen LogP contribution in [0.1, 0.15) is 95.7 Å². The summed E-state index contributed by atoms with van der Waals surface area (Å²) in [6, 6.07) is 18.5. The van der Waals surface area contributed by atoms with Crippen molar-refractivity contribution in [3.63, 3.8) is 0 Å². The second-order valence-corrected chi connectivity index (χ2v) is 22.1. The molecule has 62 heavy (non-hydrogen) atoms. The van der Waals surface area contributed by atoms with Gasteiger partial charge in [0.2, 0.25) is 14.2 Å². The SMILES string of the molecule is CC(=O)OCC1O[C@@H](C=Cc2ccc([C@@H]3[C@@H](CC[C@H](O)c4ccc(F)cc4)C(=O)N3c3ccc(C)cc3)c(O[Si](C)(C)C(C)(C)C)c2)C(OC(C)=O)[C@@H](OC(C)=O)[C@@H]1OC(C)=O. The van der Waals surface area contributed by atoms with Gasteiger partial charge in [-0.05, 0) is 79.4 Å². The van der Waals surface area contributed by atoms with Crippen LogP contribution in [-0.2, 0) is 47.7 Å². The van der Waals surface area contributed by atoms with Crippen LogP contribution in [0.4, 0.5) is 10.1 Å². The van der Waals surface area contributed by atoms with Crippen LogP contribution in [0.2, 0.25) is 18.1 Å². The molecule has 2 fully saturated rings. The number of halogens is 1. The molecule has 0 radical (unpaired) electrons. The lowest BCUT2D eigenvalue weighted by molar-refractivity contribution is -0.244. The van der Waals surface area contributed by atoms with Crippen molar-refractivity contribution in [2.45, 2.75) is 129 Å². The van der Waals surface area contributed by atoms with Gasteiger partial charge in [0.05, 0.1) is 18.1 Å². The van der Waals surface area contributed by atoms with Crippen LogP contribution in [0.25, 0.3) is 6.08 Å². The quantitative estimate of drug-likeness (QED) is 0.0681. The minimum Gasteiger partial charge on any atom is -0.543 e. The van der Waals surface area contributed by atoms with Gasteiger partial charge in [0.25, 0.3) is 0 Å². The number of hydrogen-bond acceptors (Lipinski definition) is 12. The van der Waals surface area contributed by atoms with E-state index in [1.807, 2.05) is 49.4 Å².